The van der Waals surface area contributed by atoms with E-state index in [4.69, 9.17) is 4.74 Å². The molecule has 3 aliphatic rings. The fraction of sp³-hybridized carbons (Fsp3) is 0.800. The average Bonchev–Trinajstić information content (AvgIpc) is 2.74. The number of carbonyl (C=O) groups is 1. The summed E-state index contributed by atoms with van der Waals surface area (Å²) in [4.78, 5) is 11.8. The largest absolute Gasteiger partial charge is 0.458 e. The molecule has 5 nitrogen and oxygen atoms in total. The lowest BCUT2D eigenvalue weighted by atomic mass is 9.64. The number of aliphatic hydroxyl groups is 3. The molecule has 0 spiro atoms. The normalized spacial score (nSPS) is 55.1. The van der Waals surface area contributed by atoms with Gasteiger partial charge in [-0.2, -0.15) is 0 Å². The van der Waals surface area contributed by atoms with E-state index in [-0.39, 0.29) is 18.3 Å². The minimum atomic E-state index is -1.45. The van der Waals surface area contributed by atoms with Crippen LogP contribution in [0.25, 0.3) is 0 Å². The zero-order valence-corrected chi connectivity index (χ0v) is 11.9. The molecule has 0 aromatic heterocycles. The molecule has 1 saturated heterocycles. The Labute approximate surface area is 118 Å². The lowest BCUT2D eigenvalue weighted by Gasteiger charge is -2.47. The van der Waals surface area contributed by atoms with Gasteiger partial charge in [0, 0.05) is 17.9 Å². The van der Waals surface area contributed by atoms with Crippen LogP contribution in [-0.4, -0.2) is 45.2 Å². The fourth-order valence-electron chi connectivity index (χ4n) is 4.66. The molecule has 3 rings (SSSR count). The van der Waals surface area contributed by atoms with Crippen LogP contribution in [0.5, 0.6) is 0 Å². The van der Waals surface area contributed by atoms with Gasteiger partial charge in [-0.15, -0.1) is 0 Å². The number of carbonyl (C=O) groups excluding carboxylic acids is 1. The number of hydrogen-bond acceptors (Lipinski definition) is 5. The van der Waals surface area contributed by atoms with Crippen LogP contribution in [0.2, 0.25) is 0 Å². The van der Waals surface area contributed by atoms with Crippen LogP contribution in [0.3, 0.4) is 0 Å². The van der Waals surface area contributed by atoms with Crippen molar-refractivity contribution in [3.63, 3.8) is 0 Å². The number of aliphatic hydroxyl groups excluding tert-OH is 2. The van der Waals surface area contributed by atoms with E-state index in [1.165, 1.54) is 0 Å². The standard InChI is InChI=1S/C15H22O5/c1-7-4-5-9-8(2)13(18)20-12(9)14(3)10(16)6-11(17)15(7,14)19/h7,9-12,16-17,19H,2,4-6H2,1,3H3/t7-,9-,10-,11-,12+,14-,15-/m0/s1. The zero-order valence-electron chi connectivity index (χ0n) is 11.9. The van der Waals surface area contributed by atoms with Gasteiger partial charge in [-0.25, -0.2) is 4.79 Å². The van der Waals surface area contributed by atoms with E-state index in [0.717, 1.165) is 0 Å². The number of ether oxygens (including phenoxy) is 1. The molecule has 1 aliphatic heterocycles. The van der Waals surface area contributed by atoms with Crippen molar-refractivity contribution in [2.75, 3.05) is 0 Å². The molecule has 3 fully saturated rings. The van der Waals surface area contributed by atoms with Gasteiger partial charge in [-0.1, -0.05) is 20.4 Å². The summed E-state index contributed by atoms with van der Waals surface area (Å²) in [7, 11) is 0. The van der Waals surface area contributed by atoms with Gasteiger partial charge in [0.05, 0.1) is 17.6 Å². The van der Waals surface area contributed by atoms with Crippen LogP contribution in [0, 0.1) is 17.3 Å². The van der Waals surface area contributed by atoms with Crippen molar-refractivity contribution in [3.05, 3.63) is 12.2 Å². The van der Waals surface area contributed by atoms with Crippen LogP contribution in [-0.2, 0) is 9.53 Å². The average molecular weight is 282 g/mol. The summed E-state index contributed by atoms with van der Waals surface area (Å²) in [5.74, 6) is -0.826. The highest BCUT2D eigenvalue weighted by Gasteiger charge is 2.71. The first-order valence-electron chi connectivity index (χ1n) is 7.22. The lowest BCUT2D eigenvalue weighted by Crippen LogP contribution is -2.61. The van der Waals surface area contributed by atoms with Gasteiger partial charge < -0.3 is 20.1 Å². The maximum Gasteiger partial charge on any atom is 0.334 e. The molecule has 0 bridgehead atoms. The first-order valence-corrected chi connectivity index (χ1v) is 7.22. The molecule has 20 heavy (non-hydrogen) atoms. The van der Waals surface area contributed by atoms with Crippen LogP contribution >= 0.6 is 0 Å². The van der Waals surface area contributed by atoms with Crippen molar-refractivity contribution >= 4 is 5.97 Å². The summed E-state index contributed by atoms with van der Waals surface area (Å²) in [5.41, 5.74) is -2.10. The highest BCUT2D eigenvalue weighted by atomic mass is 16.6. The van der Waals surface area contributed by atoms with Gasteiger partial charge >= 0.3 is 5.97 Å². The summed E-state index contributed by atoms with van der Waals surface area (Å²) >= 11 is 0. The fourth-order valence-corrected chi connectivity index (χ4v) is 4.66. The third-order valence-corrected chi connectivity index (χ3v) is 6.07. The van der Waals surface area contributed by atoms with E-state index in [9.17, 15) is 20.1 Å². The first kappa shape index (κ1) is 14.0. The smallest absolute Gasteiger partial charge is 0.334 e. The Bertz CT molecular complexity index is 475. The topological polar surface area (TPSA) is 87.0 Å². The van der Waals surface area contributed by atoms with Crippen molar-refractivity contribution in [3.8, 4) is 0 Å². The number of hydrogen-bond donors (Lipinski definition) is 3. The van der Waals surface area contributed by atoms with Gasteiger partial charge in [-0.05, 0) is 18.8 Å². The van der Waals surface area contributed by atoms with Crippen molar-refractivity contribution in [1.29, 1.82) is 0 Å². The van der Waals surface area contributed by atoms with E-state index < -0.39 is 35.3 Å². The first-order chi connectivity index (χ1) is 9.24. The number of rotatable bonds is 0. The van der Waals surface area contributed by atoms with Crippen LogP contribution in [0.15, 0.2) is 12.2 Å². The van der Waals surface area contributed by atoms with Gasteiger partial charge in [0.25, 0.3) is 0 Å². The molecule has 2 saturated carbocycles. The Morgan fingerprint density at radius 2 is 1.95 bits per heavy atom. The van der Waals surface area contributed by atoms with E-state index in [2.05, 4.69) is 6.58 Å². The Kier molecular flexibility index (Phi) is 2.85. The predicted octanol–water partition coefficient (Wildman–Crippen LogP) is 0.377. The van der Waals surface area contributed by atoms with Crippen molar-refractivity contribution < 1.29 is 24.9 Å². The molecular weight excluding hydrogens is 260 g/mol. The molecule has 0 amide bonds. The van der Waals surface area contributed by atoms with Gasteiger partial charge in [0.1, 0.15) is 11.7 Å². The molecule has 0 unspecified atom stereocenters. The summed E-state index contributed by atoms with van der Waals surface area (Å²) in [6, 6.07) is 0. The second kappa shape index (κ2) is 4.06. The third-order valence-electron chi connectivity index (χ3n) is 6.07. The van der Waals surface area contributed by atoms with Crippen molar-refractivity contribution in [1.82, 2.24) is 0 Å². The molecule has 3 N–H and O–H groups in total. The maximum absolute atomic E-state index is 11.8. The van der Waals surface area contributed by atoms with Crippen LogP contribution < -0.4 is 0 Å². The second-order valence-corrected chi connectivity index (χ2v) is 6.81. The summed E-state index contributed by atoms with van der Waals surface area (Å²) in [6.45, 7) is 7.40. The number of fused-ring (bicyclic) bond motifs is 3. The van der Waals surface area contributed by atoms with Gasteiger partial charge in [0.15, 0.2) is 0 Å². The third kappa shape index (κ3) is 1.36. The minimum absolute atomic E-state index is 0.102. The highest BCUT2D eigenvalue weighted by molar-refractivity contribution is 5.91. The molecule has 7 atom stereocenters. The maximum atomic E-state index is 11.8. The minimum Gasteiger partial charge on any atom is -0.458 e. The summed E-state index contributed by atoms with van der Waals surface area (Å²) in [6.07, 6.45) is -1.10. The van der Waals surface area contributed by atoms with Crippen LogP contribution in [0.4, 0.5) is 0 Å². The molecular formula is C15H22O5. The molecule has 0 aromatic rings. The Balaban J connectivity index is 2.15. The Morgan fingerprint density at radius 3 is 2.60 bits per heavy atom. The lowest BCUT2D eigenvalue weighted by molar-refractivity contribution is -0.203. The number of esters is 1. The SMILES string of the molecule is C=C1C(=O)O[C@@H]2[C@H]1CC[C@H](C)[C@]1(O)[C@@H](O)C[C@H](O)[C@@]21C. The molecule has 5 heteroatoms. The summed E-state index contributed by atoms with van der Waals surface area (Å²) in [5, 5.41) is 31.9. The Morgan fingerprint density at radius 1 is 1.30 bits per heavy atom. The molecule has 0 radical (unpaired) electrons. The van der Waals surface area contributed by atoms with E-state index in [1.807, 2.05) is 6.92 Å². The molecule has 2 aliphatic carbocycles. The van der Waals surface area contributed by atoms with Crippen molar-refractivity contribution in [2.24, 2.45) is 17.3 Å². The van der Waals surface area contributed by atoms with Gasteiger partial charge in [-0.3, -0.25) is 0 Å². The quantitative estimate of drug-likeness (QED) is 0.441. The molecule has 112 valence electrons. The van der Waals surface area contributed by atoms with Gasteiger partial charge in [0.2, 0.25) is 0 Å². The van der Waals surface area contributed by atoms with Crippen molar-refractivity contribution in [2.45, 2.75) is 57.0 Å². The molecule has 0 aromatic carbocycles. The predicted molar refractivity (Wildman–Crippen MR) is 70.6 cm³/mol. The molecule has 1 heterocycles. The van der Waals surface area contributed by atoms with E-state index in [0.29, 0.717) is 18.4 Å². The van der Waals surface area contributed by atoms with E-state index in [1.54, 1.807) is 6.92 Å². The van der Waals surface area contributed by atoms with Crippen LogP contribution in [0.1, 0.15) is 33.1 Å². The highest BCUT2D eigenvalue weighted by Crippen LogP contribution is 2.60. The summed E-state index contributed by atoms with van der Waals surface area (Å²) < 4.78 is 5.44. The Hall–Kier alpha value is -0.910. The van der Waals surface area contributed by atoms with E-state index >= 15 is 0 Å². The zero-order chi connectivity index (χ0) is 14.9. The second-order valence-electron chi connectivity index (χ2n) is 6.81. The monoisotopic (exact) mass is 282 g/mol.